The van der Waals surface area contributed by atoms with Crippen LogP contribution >= 0.6 is 35.7 Å². The summed E-state index contributed by atoms with van der Waals surface area (Å²) < 4.78 is 0.642. The molecule has 1 saturated heterocycles. The van der Waals surface area contributed by atoms with Crippen LogP contribution in [0.5, 0.6) is 0 Å². The molecule has 2 aromatic carbocycles. The van der Waals surface area contributed by atoms with Gasteiger partial charge < -0.3 is 4.90 Å². The number of carbonyl (C=O) groups excluding carboxylic acids is 1. The monoisotopic (exact) mass is 398 g/mol. The Kier molecular flexibility index (Phi) is 4.82. The van der Waals surface area contributed by atoms with Crippen molar-refractivity contribution < 1.29 is 4.79 Å². The number of anilines is 1. The van der Waals surface area contributed by atoms with Gasteiger partial charge in [0.15, 0.2) is 0 Å². The number of thioether (sulfide) groups is 2. The number of rotatable bonds is 3. The highest BCUT2D eigenvalue weighted by atomic mass is 32.2. The van der Waals surface area contributed by atoms with Crippen molar-refractivity contribution in [2.24, 2.45) is 0 Å². The third-order valence-electron chi connectivity index (χ3n) is 4.51. The summed E-state index contributed by atoms with van der Waals surface area (Å²) in [6.07, 6.45) is 3.96. The molecule has 2 heterocycles. The first-order valence-corrected chi connectivity index (χ1v) is 10.6. The number of hydrogen-bond donors (Lipinski definition) is 0. The highest BCUT2D eigenvalue weighted by molar-refractivity contribution is 8.26. The van der Waals surface area contributed by atoms with Crippen molar-refractivity contribution in [2.45, 2.75) is 18.7 Å². The maximum atomic E-state index is 12.4. The van der Waals surface area contributed by atoms with Crippen LogP contribution in [0, 0.1) is 0 Å². The third kappa shape index (κ3) is 2.86. The Morgan fingerprint density at radius 1 is 1.00 bits per heavy atom. The lowest BCUT2D eigenvalue weighted by Gasteiger charge is -2.17. The van der Waals surface area contributed by atoms with Gasteiger partial charge in [-0.05, 0) is 42.8 Å². The summed E-state index contributed by atoms with van der Waals surface area (Å²) in [5.74, 6) is 0.00774. The average molecular weight is 399 g/mol. The number of hydrogen-bond acceptors (Lipinski definition) is 5. The molecule has 0 radical (unpaired) electrons. The van der Waals surface area contributed by atoms with Crippen LogP contribution in [0.1, 0.15) is 13.8 Å². The number of nitrogens with zero attached hydrogens (tertiary/aromatic N) is 2. The summed E-state index contributed by atoms with van der Waals surface area (Å²) in [4.78, 5) is 18.3. The largest absolute Gasteiger partial charge is 0.335 e. The SMILES string of the molecule is CCN1C(=O)/C(=C/C=C2/Sc3c(ccc4ccccc34)N2CC)SC1=S. The van der Waals surface area contributed by atoms with Crippen molar-refractivity contribution >= 4 is 62.4 Å². The number of allylic oxidation sites excluding steroid dienone is 2. The second-order valence-corrected chi connectivity index (χ2v) is 8.64. The Bertz CT molecular complexity index is 980. The van der Waals surface area contributed by atoms with Gasteiger partial charge in [-0.3, -0.25) is 9.69 Å². The average Bonchev–Trinajstić information content (AvgIpc) is 3.16. The van der Waals surface area contributed by atoms with E-state index < -0.39 is 0 Å². The van der Waals surface area contributed by atoms with Gasteiger partial charge in [0.05, 0.1) is 15.6 Å². The molecule has 3 nitrogen and oxygen atoms in total. The number of thiocarbonyl (C=S) groups is 1. The fourth-order valence-electron chi connectivity index (χ4n) is 3.21. The van der Waals surface area contributed by atoms with Gasteiger partial charge in [0.1, 0.15) is 4.32 Å². The van der Waals surface area contributed by atoms with E-state index in [2.05, 4.69) is 48.2 Å². The quantitative estimate of drug-likeness (QED) is 0.510. The first-order chi connectivity index (χ1) is 12.6. The number of amides is 1. The van der Waals surface area contributed by atoms with Crippen LogP contribution < -0.4 is 4.90 Å². The van der Waals surface area contributed by atoms with E-state index in [1.165, 1.54) is 33.1 Å². The Labute approximate surface area is 167 Å². The Balaban J connectivity index is 1.71. The lowest BCUT2D eigenvalue weighted by atomic mass is 10.1. The maximum absolute atomic E-state index is 12.4. The summed E-state index contributed by atoms with van der Waals surface area (Å²) >= 11 is 8.44. The standard InChI is InChI=1S/C20H18N2OS3/c1-3-21-15-10-9-13-7-5-6-8-14(13)18(15)26-17(21)12-11-16-19(23)22(4-2)20(24)25-16/h5-12H,3-4H2,1-2H3/b16-11-,17-12+. The van der Waals surface area contributed by atoms with Crippen molar-refractivity contribution in [3.8, 4) is 0 Å². The molecule has 1 fully saturated rings. The lowest BCUT2D eigenvalue weighted by Crippen LogP contribution is -2.27. The molecule has 4 rings (SSSR count). The van der Waals surface area contributed by atoms with E-state index in [0.29, 0.717) is 15.8 Å². The fourth-order valence-corrected chi connectivity index (χ4v) is 5.80. The first kappa shape index (κ1) is 17.6. The number of likely N-dealkylation sites (N-methyl/N-ethyl adjacent to an activating group) is 1. The molecule has 1 amide bonds. The second-order valence-electron chi connectivity index (χ2n) is 5.93. The Morgan fingerprint density at radius 3 is 2.50 bits per heavy atom. The molecule has 0 saturated carbocycles. The van der Waals surface area contributed by atoms with Crippen LogP contribution in [0.25, 0.3) is 10.8 Å². The van der Waals surface area contributed by atoms with Crippen LogP contribution in [0.3, 0.4) is 0 Å². The zero-order valence-electron chi connectivity index (χ0n) is 14.6. The summed E-state index contributed by atoms with van der Waals surface area (Å²) in [5.41, 5.74) is 1.23. The van der Waals surface area contributed by atoms with Crippen LogP contribution in [0.2, 0.25) is 0 Å². The smallest absolute Gasteiger partial charge is 0.266 e. The third-order valence-corrected chi connectivity index (χ3v) is 7.10. The van der Waals surface area contributed by atoms with Gasteiger partial charge in [-0.25, -0.2) is 0 Å². The van der Waals surface area contributed by atoms with E-state index in [9.17, 15) is 4.79 Å². The van der Waals surface area contributed by atoms with Crippen LogP contribution in [0.4, 0.5) is 5.69 Å². The second kappa shape index (κ2) is 7.10. The van der Waals surface area contributed by atoms with E-state index in [-0.39, 0.29) is 5.91 Å². The molecule has 2 aliphatic heterocycles. The van der Waals surface area contributed by atoms with Gasteiger partial charge in [0.2, 0.25) is 0 Å². The first-order valence-electron chi connectivity index (χ1n) is 8.56. The van der Waals surface area contributed by atoms with Crippen molar-refractivity contribution in [1.82, 2.24) is 4.90 Å². The number of fused-ring (bicyclic) bond motifs is 3. The van der Waals surface area contributed by atoms with Gasteiger partial charge in [0, 0.05) is 18.0 Å². The molecule has 26 heavy (non-hydrogen) atoms. The Hall–Kier alpha value is -1.76. The van der Waals surface area contributed by atoms with Gasteiger partial charge in [-0.2, -0.15) is 0 Å². The van der Waals surface area contributed by atoms with Crippen LogP contribution in [-0.4, -0.2) is 28.2 Å². The molecule has 0 aromatic heterocycles. The molecule has 0 aliphatic carbocycles. The maximum Gasteiger partial charge on any atom is 0.266 e. The van der Waals surface area contributed by atoms with Gasteiger partial charge >= 0.3 is 0 Å². The number of benzene rings is 2. The molecule has 6 heteroatoms. The molecule has 132 valence electrons. The van der Waals surface area contributed by atoms with Gasteiger partial charge in [0.25, 0.3) is 5.91 Å². The van der Waals surface area contributed by atoms with Gasteiger partial charge in [-0.1, -0.05) is 66.1 Å². The van der Waals surface area contributed by atoms with Crippen molar-refractivity contribution in [1.29, 1.82) is 0 Å². The van der Waals surface area contributed by atoms with E-state index in [0.717, 1.165) is 11.6 Å². The molecule has 0 unspecified atom stereocenters. The molecular formula is C20H18N2OS3. The van der Waals surface area contributed by atoms with E-state index in [1.54, 1.807) is 16.7 Å². The number of carbonyl (C=O) groups is 1. The van der Waals surface area contributed by atoms with Gasteiger partial charge in [-0.15, -0.1) is 0 Å². The highest BCUT2D eigenvalue weighted by Gasteiger charge is 2.31. The highest BCUT2D eigenvalue weighted by Crippen LogP contribution is 2.49. The molecule has 0 bridgehead atoms. The fraction of sp³-hybridized carbons (Fsp3) is 0.200. The predicted octanol–water partition coefficient (Wildman–Crippen LogP) is 5.38. The summed E-state index contributed by atoms with van der Waals surface area (Å²) in [6, 6.07) is 12.8. The van der Waals surface area contributed by atoms with E-state index >= 15 is 0 Å². The Morgan fingerprint density at radius 2 is 1.77 bits per heavy atom. The van der Waals surface area contributed by atoms with Crippen molar-refractivity contribution in [3.05, 3.63) is 58.5 Å². The van der Waals surface area contributed by atoms with E-state index in [1.807, 2.05) is 19.1 Å². The summed E-state index contributed by atoms with van der Waals surface area (Å²) in [6.45, 7) is 5.59. The zero-order chi connectivity index (χ0) is 18.3. The van der Waals surface area contributed by atoms with Crippen molar-refractivity contribution in [2.75, 3.05) is 18.0 Å². The predicted molar refractivity (Wildman–Crippen MR) is 117 cm³/mol. The van der Waals surface area contributed by atoms with Crippen LogP contribution in [0.15, 0.2) is 63.4 Å². The van der Waals surface area contributed by atoms with E-state index in [4.69, 9.17) is 12.2 Å². The van der Waals surface area contributed by atoms with Crippen LogP contribution in [-0.2, 0) is 4.79 Å². The minimum absolute atomic E-state index is 0.00774. The zero-order valence-corrected chi connectivity index (χ0v) is 17.0. The minimum atomic E-state index is 0.00774. The molecule has 2 aliphatic rings. The summed E-state index contributed by atoms with van der Waals surface area (Å²) in [5, 5.41) is 3.66. The normalized spacial score (nSPS) is 20.1. The van der Waals surface area contributed by atoms with Crippen molar-refractivity contribution in [3.63, 3.8) is 0 Å². The lowest BCUT2D eigenvalue weighted by molar-refractivity contribution is -0.122. The summed E-state index contributed by atoms with van der Waals surface area (Å²) in [7, 11) is 0. The molecule has 0 atom stereocenters. The molecular weight excluding hydrogens is 380 g/mol. The molecule has 2 aromatic rings. The molecule has 0 spiro atoms. The molecule has 0 N–H and O–H groups in total. The topological polar surface area (TPSA) is 23.6 Å². The minimum Gasteiger partial charge on any atom is -0.335 e.